The summed E-state index contributed by atoms with van der Waals surface area (Å²) in [5.41, 5.74) is 1.86. The van der Waals surface area contributed by atoms with Crippen molar-refractivity contribution in [3.8, 4) is 0 Å². The zero-order valence-electron chi connectivity index (χ0n) is 16.0. The van der Waals surface area contributed by atoms with Crippen LogP contribution in [-0.4, -0.2) is 25.6 Å². The number of nitrogens with one attached hydrogen (secondary N) is 1. The normalized spacial score (nSPS) is 11.2. The first kappa shape index (κ1) is 19.0. The average Bonchev–Trinajstić information content (AvgIpc) is 3.25. The smallest absolute Gasteiger partial charge is 0.255 e. The molecule has 0 saturated heterocycles. The van der Waals surface area contributed by atoms with E-state index in [-0.39, 0.29) is 11.4 Å². The molecular weight excluding hydrogens is 369 g/mol. The number of rotatable bonds is 8. The largest absolute Gasteiger partial charge is 0.337 e. The number of hydrogen-bond acceptors (Lipinski definition) is 4. The van der Waals surface area contributed by atoms with Crippen LogP contribution >= 0.6 is 0 Å². The van der Waals surface area contributed by atoms with Crippen molar-refractivity contribution in [2.24, 2.45) is 0 Å². The van der Waals surface area contributed by atoms with Gasteiger partial charge in [0.2, 0.25) is 0 Å². The SMILES string of the molecule is O=c1c(CNCCCn2ccnc2)cc2ccc(F)cc2n1Cc1ccccn1. The molecule has 0 unspecified atom stereocenters. The summed E-state index contributed by atoms with van der Waals surface area (Å²) in [6.07, 6.45) is 8.10. The Morgan fingerprint density at radius 3 is 2.83 bits per heavy atom. The quantitative estimate of drug-likeness (QED) is 0.469. The Morgan fingerprint density at radius 1 is 1.10 bits per heavy atom. The standard InChI is InChI=1S/C22H22FN5O/c23-19-6-5-17-12-18(14-24-7-3-10-27-11-9-25-16-27)22(29)28(21(17)13-19)15-20-4-1-2-8-26-20/h1-2,4-6,8-9,11-13,16,24H,3,7,10,14-15H2. The van der Waals surface area contributed by atoms with E-state index in [1.165, 1.54) is 12.1 Å². The molecule has 7 heteroatoms. The molecule has 0 fully saturated rings. The van der Waals surface area contributed by atoms with E-state index < -0.39 is 0 Å². The van der Waals surface area contributed by atoms with Gasteiger partial charge < -0.3 is 14.5 Å². The van der Waals surface area contributed by atoms with Gasteiger partial charge in [0.1, 0.15) is 5.82 Å². The first-order chi connectivity index (χ1) is 14.2. The van der Waals surface area contributed by atoms with Crippen molar-refractivity contribution in [2.45, 2.75) is 26.1 Å². The third-order valence-corrected chi connectivity index (χ3v) is 4.82. The number of pyridine rings is 2. The Labute approximate surface area is 167 Å². The van der Waals surface area contributed by atoms with Crippen LogP contribution in [0.15, 0.2) is 72.2 Å². The minimum absolute atomic E-state index is 0.129. The predicted octanol–water partition coefficient (Wildman–Crippen LogP) is 2.96. The van der Waals surface area contributed by atoms with Gasteiger partial charge in [-0.1, -0.05) is 6.07 Å². The van der Waals surface area contributed by atoms with Crippen molar-refractivity contribution in [1.29, 1.82) is 0 Å². The number of aryl methyl sites for hydroxylation is 1. The number of hydrogen-bond donors (Lipinski definition) is 1. The highest BCUT2D eigenvalue weighted by molar-refractivity contribution is 5.79. The van der Waals surface area contributed by atoms with Crippen LogP contribution in [-0.2, 0) is 19.6 Å². The summed E-state index contributed by atoms with van der Waals surface area (Å²) in [6, 6.07) is 11.9. The van der Waals surface area contributed by atoms with E-state index in [4.69, 9.17) is 0 Å². The summed E-state index contributed by atoms with van der Waals surface area (Å²) in [5, 5.41) is 4.17. The average molecular weight is 391 g/mol. The van der Waals surface area contributed by atoms with Gasteiger partial charge in [0.15, 0.2) is 0 Å². The lowest BCUT2D eigenvalue weighted by atomic mass is 10.1. The van der Waals surface area contributed by atoms with E-state index in [2.05, 4.69) is 15.3 Å². The molecular formula is C22H22FN5O. The van der Waals surface area contributed by atoms with Crippen LogP contribution < -0.4 is 10.9 Å². The highest BCUT2D eigenvalue weighted by Gasteiger charge is 2.11. The Kier molecular flexibility index (Phi) is 5.76. The van der Waals surface area contributed by atoms with Crippen molar-refractivity contribution in [2.75, 3.05) is 6.54 Å². The maximum atomic E-state index is 13.8. The first-order valence-corrected chi connectivity index (χ1v) is 9.59. The van der Waals surface area contributed by atoms with Crippen molar-refractivity contribution >= 4 is 10.9 Å². The zero-order chi connectivity index (χ0) is 20.1. The van der Waals surface area contributed by atoms with Crippen molar-refractivity contribution in [1.82, 2.24) is 24.4 Å². The molecule has 0 aliphatic carbocycles. The van der Waals surface area contributed by atoms with Gasteiger partial charge >= 0.3 is 0 Å². The monoisotopic (exact) mass is 391 g/mol. The molecule has 0 aliphatic rings. The molecule has 1 aromatic carbocycles. The second-order valence-electron chi connectivity index (χ2n) is 6.92. The number of nitrogens with zero attached hydrogens (tertiary/aromatic N) is 4. The van der Waals surface area contributed by atoms with Crippen LogP contribution in [0.1, 0.15) is 17.7 Å². The molecule has 6 nitrogen and oxygen atoms in total. The highest BCUT2D eigenvalue weighted by atomic mass is 19.1. The highest BCUT2D eigenvalue weighted by Crippen LogP contribution is 2.16. The van der Waals surface area contributed by atoms with Crippen LogP contribution in [0.3, 0.4) is 0 Å². The molecule has 3 heterocycles. The molecule has 3 aromatic heterocycles. The third-order valence-electron chi connectivity index (χ3n) is 4.82. The maximum Gasteiger partial charge on any atom is 0.255 e. The third kappa shape index (κ3) is 4.57. The fourth-order valence-electron chi connectivity index (χ4n) is 3.37. The minimum atomic E-state index is -0.364. The second kappa shape index (κ2) is 8.79. The summed E-state index contributed by atoms with van der Waals surface area (Å²) in [6.45, 7) is 2.40. The second-order valence-corrected chi connectivity index (χ2v) is 6.92. The summed E-state index contributed by atoms with van der Waals surface area (Å²) in [4.78, 5) is 21.4. The molecule has 29 heavy (non-hydrogen) atoms. The van der Waals surface area contributed by atoms with Gasteiger partial charge in [0.05, 0.1) is 24.1 Å². The van der Waals surface area contributed by atoms with Crippen molar-refractivity contribution in [3.63, 3.8) is 0 Å². The van der Waals surface area contributed by atoms with Crippen molar-refractivity contribution in [3.05, 3.63) is 94.8 Å². The molecule has 4 aromatic rings. The molecule has 0 saturated carbocycles. The van der Waals surface area contributed by atoms with E-state index >= 15 is 0 Å². The van der Waals surface area contributed by atoms with Gasteiger partial charge in [0.25, 0.3) is 5.56 Å². The fourth-order valence-corrected chi connectivity index (χ4v) is 3.37. The van der Waals surface area contributed by atoms with E-state index in [0.717, 1.165) is 30.6 Å². The molecule has 0 atom stereocenters. The molecule has 4 rings (SSSR count). The van der Waals surface area contributed by atoms with Gasteiger partial charge in [-0.3, -0.25) is 9.78 Å². The number of imidazole rings is 1. The molecule has 0 amide bonds. The number of aromatic nitrogens is 4. The maximum absolute atomic E-state index is 13.8. The number of benzene rings is 1. The van der Waals surface area contributed by atoms with Crippen molar-refractivity contribution < 1.29 is 4.39 Å². The first-order valence-electron chi connectivity index (χ1n) is 9.59. The molecule has 1 N–H and O–H groups in total. The summed E-state index contributed by atoms with van der Waals surface area (Å²) in [7, 11) is 0. The Morgan fingerprint density at radius 2 is 2.03 bits per heavy atom. The van der Waals surface area contributed by atoms with Crippen LogP contribution in [0, 0.1) is 5.82 Å². The predicted molar refractivity (Wildman–Crippen MR) is 110 cm³/mol. The van der Waals surface area contributed by atoms with E-state index in [1.807, 2.05) is 35.0 Å². The Balaban J connectivity index is 1.54. The van der Waals surface area contributed by atoms with Crippen LogP contribution in [0.4, 0.5) is 4.39 Å². The van der Waals surface area contributed by atoms with Gasteiger partial charge in [-0.15, -0.1) is 0 Å². The Hall–Kier alpha value is -3.32. The molecule has 148 valence electrons. The zero-order valence-corrected chi connectivity index (χ0v) is 16.0. The lowest BCUT2D eigenvalue weighted by molar-refractivity contribution is 0.577. The number of halogens is 1. The van der Waals surface area contributed by atoms with E-state index in [9.17, 15) is 9.18 Å². The van der Waals surface area contributed by atoms with Crippen LogP contribution in [0.5, 0.6) is 0 Å². The summed E-state index contributed by atoms with van der Waals surface area (Å²) < 4.78 is 17.5. The summed E-state index contributed by atoms with van der Waals surface area (Å²) in [5.74, 6) is -0.364. The molecule has 0 spiro atoms. The molecule has 0 radical (unpaired) electrons. The lowest BCUT2D eigenvalue weighted by Gasteiger charge is -2.13. The van der Waals surface area contributed by atoms with E-state index in [1.54, 1.807) is 29.4 Å². The molecule has 0 aliphatic heterocycles. The van der Waals surface area contributed by atoms with Gasteiger partial charge in [-0.05, 0) is 54.8 Å². The van der Waals surface area contributed by atoms with E-state index in [0.29, 0.717) is 24.2 Å². The van der Waals surface area contributed by atoms with Gasteiger partial charge in [-0.25, -0.2) is 9.37 Å². The Bertz CT molecular complexity index is 1140. The fraction of sp³-hybridized carbons (Fsp3) is 0.227. The summed E-state index contributed by atoms with van der Waals surface area (Å²) >= 11 is 0. The number of fused-ring (bicyclic) bond motifs is 1. The molecule has 0 bridgehead atoms. The minimum Gasteiger partial charge on any atom is -0.337 e. The van der Waals surface area contributed by atoms with Crippen LogP contribution in [0.2, 0.25) is 0 Å². The van der Waals surface area contributed by atoms with Gasteiger partial charge in [-0.2, -0.15) is 0 Å². The topological polar surface area (TPSA) is 64.7 Å². The van der Waals surface area contributed by atoms with Gasteiger partial charge in [0, 0.05) is 37.2 Å². The van der Waals surface area contributed by atoms with Crippen LogP contribution in [0.25, 0.3) is 10.9 Å². The lowest BCUT2D eigenvalue weighted by Crippen LogP contribution is -2.28.